The minimum absolute atomic E-state index is 0.550. The number of nitrogens with zero attached hydrogens (tertiary/aromatic N) is 2. The number of rotatable bonds is 5. The zero-order chi connectivity index (χ0) is 16.8. The van der Waals surface area contributed by atoms with Crippen LogP contribution in [0.1, 0.15) is 11.1 Å². The first kappa shape index (κ1) is 15.7. The van der Waals surface area contributed by atoms with Gasteiger partial charge < -0.3 is 4.57 Å². The second-order valence-electron chi connectivity index (χ2n) is 5.35. The summed E-state index contributed by atoms with van der Waals surface area (Å²) >= 11 is 0. The molecule has 120 valence electrons. The van der Waals surface area contributed by atoms with E-state index < -0.39 is 5.91 Å². The standard InChI is InChI=1S/C19H17N3O2/c23-19(21-24)11-10-15-6-8-16(9-7-15)12-22-13-18(20-14-22)17-4-2-1-3-5-17/h1-11,13-14,24H,12H2,(H,21,23). The summed E-state index contributed by atoms with van der Waals surface area (Å²) in [5.74, 6) is -0.550. The lowest BCUT2D eigenvalue weighted by molar-refractivity contribution is -0.124. The molecule has 1 heterocycles. The molecule has 5 heteroatoms. The smallest absolute Gasteiger partial charge is 0.267 e. The second kappa shape index (κ2) is 7.39. The van der Waals surface area contributed by atoms with E-state index in [4.69, 9.17) is 5.21 Å². The Balaban J connectivity index is 1.67. The van der Waals surface area contributed by atoms with E-state index in [2.05, 4.69) is 4.98 Å². The Morgan fingerprint density at radius 2 is 1.88 bits per heavy atom. The Hall–Kier alpha value is -3.18. The number of imidazole rings is 1. The Bertz CT molecular complexity index is 837. The largest absolute Gasteiger partial charge is 0.332 e. The number of aromatic nitrogens is 2. The van der Waals surface area contributed by atoms with Gasteiger partial charge in [0.2, 0.25) is 0 Å². The Kier molecular flexibility index (Phi) is 4.84. The molecule has 5 nitrogen and oxygen atoms in total. The number of benzene rings is 2. The number of hydrogen-bond donors (Lipinski definition) is 2. The van der Waals surface area contributed by atoms with Gasteiger partial charge in [-0.3, -0.25) is 10.0 Å². The molecule has 0 aliphatic carbocycles. The molecule has 0 atom stereocenters. The highest BCUT2D eigenvalue weighted by atomic mass is 16.5. The average Bonchev–Trinajstić information content (AvgIpc) is 3.10. The molecule has 1 aromatic heterocycles. The van der Waals surface area contributed by atoms with Gasteiger partial charge in [-0.05, 0) is 17.2 Å². The van der Waals surface area contributed by atoms with Crippen molar-refractivity contribution >= 4 is 12.0 Å². The number of hydrogen-bond acceptors (Lipinski definition) is 3. The van der Waals surface area contributed by atoms with Crippen LogP contribution in [-0.2, 0) is 11.3 Å². The summed E-state index contributed by atoms with van der Waals surface area (Å²) in [6.07, 6.45) is 6.76. The third-order valence-electron chi connectivity index (χ3n) is 3.59. The Morgan fingerprint density at radius 1 is 1.12 bits per heavy atom. The minimum atomic E-state index is -0.550. The zero-order valence-corrected chi connectivity index (χ0v) is 13.0. The van der Waals surface area contributed by atoms with Gasteiger partial charge in [-0.25, -0.2) is 10.5 Å². The molecular formula is C19H17N3O2. The van der Waals surface area contributed by atoms with Crippen LogP contribution in [-0.4, -0.2) is 20.7 Å². The predicted molar refractivity (Wildman–Crippen MR) is 92.2 cm³/mol. The molecule has 0 radical (unpaired) electrons. The lowest BCUT2D eigenvalue weighted by atomic mass is 10.1. The van der Waals surface area contributed by atoms with E-state index in [1.165, 1.54) is 6.08 Å². The van der Waals surface area contributed by atoms with E-state index in [0.717, 1.165) is 28.9 Å². The van der Waals surface area contributed by atoms with Crippen molar-refractivity contribution in [2.45, 2.75) is 6.54 Å². The second-order valence-corrected chi connectivity index (χ2v) is 5.35. The molecule has 2 aromatic carbocycles. The van der Waals surface area contributed by atoms with Crippen molar-refractivity contribution in [2.24, 2.45) is 0 Å². The van der Waals surface area contributed by atoms with Crippen LogP contribution >= 0.6 is 0 Å². The van der Waals surface area contributed by atoms with Crippen LogP contribution in [0.5, 0.6) is 0 Å². The molecule has 3 aromatic rings. The van der Waals surface area contributed by atoms with Crippen molar-refractivity contribution in [3.63, 3.8) is 0 Å². The molecule has 1 amide bonds. The summed E-state index contributed by atoms with van der Waals surface area (Å²) in [7, 11) is 0. The fraction of sp³-hybridized carbons (Fsp3) is 0.0526. The molecule has 0 aliphatic heterocycles. The number of carbonyl (C=O) groups excluding carboxylic acids is 1. The molecule has 0 unspecified atom stereocenters. The summed E-state index contributed by atoms with van der Waals surface area (Å²) in [6.45, 7) is 0.723. The molecule has 0 spiro atoms. The van der Waals surface area contributed by atoms with Crippen LogP contribution in [0.25, 0.3) is 17.3 Å². The monoisotopic (exact) mass is 319 g/mol. The highest BCUT2D eigenvalue weighted by Crippen LogP contribution is 2.17. The molecule has 0 bridgehead atoms. The average molecular weight is 319 g/mol. The summed E-state index contributed by atoms with van der Waals surface area (Å²) in [4.78, 5) is 15.4. The van der Waals surface area contributed by atoms with E-state index in [-0.39, 0.29) is 0 Å². The van der Waals surface area contributed by atoms with E-state index in [1.807, 2.05) is 71.7 Å². The highest BCUT2D eigenvalue weighted by Gasteiger charge is 2.02. The van der Waals surface area contributed by atoms with Crippen LogP contribution in [0, 0.1) is 0 Å². The van der Waals surface area contributed by atoms with Crippen LogP contribution in [0.3, 0.4) is 0 Å². The van der Waals surface area contributed by atoms with Gasteiger partial charge >= 0.3 is 0 Å². The van der Waals surface area contributed by atoms with Gasteiger partial charge in [0.15, 0.2) is 0 Å². The third kappa shape index (κ3) is 3.97. The van der Waals surface area contributed by atoms with Crippen LogP contribution < -0.4 is 5.48 Å². The number of carbonyl (C=O) groups is 1. The van der Waals surface area contributed by atoms with E-state index in [1.54, 1.807) is 11.6 Å². The maximum absolute atomic E-state index is 11.0. The Labute approximate surface area is 139 Å². The molecule has 24 heavy (non-hydrogen) atoms. The van der Waals surface area contributed by atoms with Crippen molar-refractivity contribution in [2.75, 3.05) is 0 Å². The van der Waals surface area contributed by atoms with Gasteiger partial charge in [-0.1, -0.05) is 54.6 Å². The maximum atomic E-state index is 11.0. The lowest BCUT2D eigenvalue weighted by Crippen LogP contribution is -2.14. The molecule has 0 fully saturated rings. The normalized spacial score (nSPS) is 10.9. The maximum Gasteiger partial charge on any atom is 0.267 e. The van der Waals surface area contributed by atoms with Crippen LogP contribution in [0.15, 0.2) is 73.2 Å². The van der Waals surface area contributed by atoms with Crippen molar-refractivity contribution in [3.05, 3.63) is 84.3 Å². The van der Waals surface area contributed by atoms with Gasteiger partial charge in [0.05, 0.1) is 12.0 Å². The quantitative estimate of drug-likeness (QED) is 0.431. The minimum Gasteiger partial charge on any atom is -0.332 e. The molecule has 3 rings (SSSR count). The molecular weight excluding hydrogens is 302 g/mol. The number of amides is 1. The van der Waals surface area contributed by atoms with Crippen molar-refractivity contribution in [1.82, 2.24) is 15.0 Å². The van der Waals surface area contributed by atoms with E-state index in [9.17, 15) is 4.79 Å². The van der Waals surface area contributed by atoms with E-state index in [0.29, 0.717) is 0 Å². The van der Waals surface area contributed by atoms with Gasteiger partial charge in [-0.15, -0.1) is 0 Å². The van der Waals surface area contributed by atoms with E-state index >= 15 is 0 Å². The van der Waals surface area contributed by atoms with Crippen molar-refractivity contribution in [1.29, 1.82) is 0 Å². The van der Waals surface area contributed by atoms with Gasteiger partial charge in [0.1, 0.15) is 0 Å². The molecule has 0 saturated heterocycles. The van der Waals surface area contributed by atoms with Crippen LogP contribution in [0.4, 0.5) is 0 Å². The Morgan fingerprint density at radius 3 is 2.58 bits per heavy atom. The van der Waals surface area contributed by atoms with Crippen molar-refractivity contribution in [3.8, 4) is 11.3 Å². The first-order valence-electron chi connectivity index (χ1n) is 7.53. The van der Waals surface area contributed by atoms with Crippen molar-refractivity contribution < 1.29 is 10.0 Å². The van der Waals surface area contributed by atoms with Gasteiger partial charge in [0.25, 0.3) is 5.91 Å². The number of nitrogens with one attached hydrogen (secondary N) is 1. The zero-order valence-electron chi connectivity index (χ0n) is 13.0. The SMILES string of the molecule is O=C(C=Cc1ccc(Cn2cnc(-c3ccccc3)c2)cc1)NO. The summed E-state index contributed by atoms with van der Waals surface area (Å²) in [5.41, 5.74) is 5.63. The summed E-state index contributed by atoms with van der Waals surface area (Å²) < 4.78 is 2.03. The molecule has 0 saturated carbocycles. The molecule has 0 aliphatic rings. The van der Waals surface area contributed by atoms with Gasteiger partial charge in [-0.2, -0.15) is 0 Å². The summed E-state index contributed by atoms with van der Waals surface area (Å²) in [5, 5.41) is 8.45. The highest BCUT2D eigenvalue weighted by molar-refractivity contribution is 5.90. The third-order valence-corrected chi connectivity index (χ3v) is 3.59. The first-order chi connectivity index (χ1) is 11.7. The lowest BCUT2D eigenvalue weighted by Gasteiger charge is -2.03. The summed E-state index contributed by atoms with van der Waals surface area (Å²) in [6, 6.07) is 17.9. The topological polar surface area (TPSA) is 67.2 Å². The first-order valence-corrected chi connectivity index (χ1v) is 7.53. The predicted octanol–water partition coefficient (Wildman–Crippen LogP) is 3.12. The fourth-order valence-corrected chi connectivity index (χ4v) is 2.36. The van der Waals surface area contributed by atoms with Crippen LogP contribution in [0.2, 0.25) is 0 Å². The molecule has 2 N–H and O–H groups in total. The fourth-order valence-electron chi connectivity index (χ4n) is 2.36. The number of hydroxylamine groups is 1. The van der Waals surface area contributed by atoms with Gasteiger partial charge in [0, 0.05) is 24.4 Å².